The van der Waals surface area contributed by atoms with E-state index in [0.717, 1.165) is 18.9 Å². The van der Waals surface area contributed by atoms with E-state index in [-0.39, 0.29) is 13.2 Å². The van der Waals surface area contributed by atoms with E-state index < -0.39 is 17.5 Å². The molecule has 1 atom stereocenters. The molecule has 5 heteroatoms. The molecule has 4 nitrogen and oxygen atoms in total. The number of esters is 1. The van der Waals surface area contributed by atoms with Gasteiger partial charge in [0.25, 0.3) is 0 Å². The van der Waals surface area contributed by atoms with Gasteiger partial charge >= 0.3 is 5.97 Å². The van der Waals surface area contributed by atoms with Gasteiger partial charge in [-0.3, -0.25) is 4.79 Å². The van der Waals surface area contributed by atoms with Crippen molar-refractivity contribution in [1.29, 1.82) is 0 Å². The van der Waals surface area contributed by atoms with Crippen LogP contribution in [0, 0.1) is 5.92 Å². The van der Waals surface area contributed by atoms with Gasteiger partial charge in [-0.05, 0) is 26.7 Å². The molecule has 0 spiro atoms. The fourth-order valence-electron chi connectivity index (χ4n) is 1.02. The Balaban J connectivity index is 4.04. The number of carbonyl (C=O) groups is 1. The number of hydrogen-bond acceptors (Lipinski definition) is 4. The van der Waals surface area contributed by atoms with Crippen molar-refractivity contribution < 1.29 is 19.4 Å². The summed E-state index contributed by atoms with van der Waals surface area (Å²) < 4.78 is 10.6. The van der Waals surface area contributed by atoms with Gasteiger partial charge in [-0.2, -0.15) is 0 Å². The molecule has 0 aliphatic heterocycles. The van der Waals surface area contributed by atoms with E-state index in [1.165, 1.54) is 0 Å². The summed E-state index contributed by atoms with van der Waals surface area (Å²) in [7, 11) is 3.34. The Morgan fingerprint density at radius 2 is 2.12 bits per heavy atom. The normalized spacial score (nSPS) is 13.5. The molecule has 0 rings (SSSR count). The summed E-state index contributed by atoms with van der Waals surface area (Å²) in [5.74, 6) is -0.978. The van der Waals surface area contributed by atoms with Crippen molar-refractivity contribution in [3.63, 3.8) is 0 Å². The van der Waals surface area contributed by atoms with Gasteiger partial charge in [0.05, 0.1) is 13.2 Å². The summed E-state index contributed by atoms with van der Waals surface area (Å²) in [6.45, 7) is 6.20. The van der Waals surface area contributed by atoms with Crippen molar-refractivity contribution in [2.75, 3.05) is 19.8 Å². The molecule has 0 fully saturated rings. The first kappa shape index (κ1) is 16.6. The average Bonchev–Trinajstić information content (AvgIpc) is 2.28. The quantitative estimate of drug-likeness (QED) is 0.385. The smallest absolute Gasteiger partial charge is 0.314 e. The molecule has 1 unspecified atom stereocenters. The third-order valence-electron chi connectivity index (χ3n) is 2.57. The average molecular weight is 259 g/mol. The van der Waals surface area contributed by atoms with Crippen LogP contribution in [0.1, 0.15) is 33.6 Å². The van der Waals surface area contributed by atoms with E-state index in [2.05, 4.69) is 10.2 Å². The van der Waals surface area contributed by atoms with Crippen LogP contribution in [-0.2, 0) is 14.3 Å². The van der Waals surface area contributed by atoms with E-state index in [0.29, 0.717) is 6.61 Å². The number of hydrogen-bond donors (Lipinski definition) is 1. The zero-order chi connectivity index (χ0) is 13.3. The number of aliphatic hydroxyl groups excluding tert-OH is 1. The predicted octanol–water partition coefficient (Wildman–Crippen LogP) is 1.32. The van der Waals surface area contributed by atoms with E-state index in [1.54, 1.807) is 0 Å². The second-order valence-corrected chi connectivity index (χ2v) is 5.09. The Kier molecular flexibility index (Phi) is 8.46. The Labute approximate surface area is 107 Å². The van der Waals surface area contributed by atoms with Crippen LogP contribution in [0.4, 0.5) is 0 Å². The summed E-state index contributed by atoms with van der Waals surface area (Å²) in [6.07, 6.45) is 1.62. The maximum absolute atomic E-state index is 11.7. The van der Waals surface area contributed by atoms with Gasteiger partial charge in [0.15, 0.2) is 0 Å². The van der Waals surface area contributed by atoms with E-state index in [1.807, 2.05) is 20.8 Å². The molecule has 0 bridgehead atoms. The van der Waals surface area contributed by atoms with Crippen molar-refractivity contribution in [2.24, 2.45) is 5.92 Å². The molecular weight excluding hydrogens is 236 g/mol. The second kappa shape index (κ2) is 8.66. The number of aliphatic hydroxyl groups is 1. The van der Waals surface area contributed by atoms with E-state index >= 15 is 0 Å². The van der Waals surface area contributed by atoms with Crippen LogP contribution < -0.4 is 0 Å². The number of ether oxygens (including phenoxy) is 2. The lowest BCUT2D eigenvalue weighted by Gasteiger charge is -2.25. The highest BCUT2D eigenvalue weighted by atomic mass is 28.1. The fraction of sp³-hybridized carbons (Fsp3) is 0.917. The minimum Gasteiger partial charge on any atom is -0.459 e. The highest BCUT2D eigenvalue weighted by molar-refractivity contribution is 6.08. The summed E-state index contributed by atoms with van der Waals surface area (Å²) in [6, 6.07) is 0.858. The Morgan fingerprint density at radius 3 is 2.59 bits per heavy atom. The zero-order valence-electron chi connectivity index (χ0n) is 11.0. The van der Waals surface area contributed by atoms with Crippen LogP contribution in [0.3, 0.4) is 0 Å². The van der Waals surface area contributed by atoms with Crippen LogP contribution in [-0.4, -0.2) is 46.7 Å². The molecule has 0 aliphatic rings. The SMILES string of the molecule is CCC(C)(C)OC(=O)C(CO)COCCC[Si]. The van der Waals surface area contributed by atoms with Crippen LogP contribution in [0.2, 0.25) is 6.04 Å². The fourth-order valence-corrected chi connectivity index (χ4v) is 1.17. The summed E-state index contributed by atoms with van der Waals surface area (Å²) in [5, 5.41) is 9.13. The number of carbonyl (C=O) groups excluding carboxylic acids is 1. The van der Waals surface area contributed by atoms with Crippen LogP contribution in [0.25, 0.3) is 0 Å². The van der Waals surface area contributed by atoms with E-state index in [4.69, 9.17) is 14.6 Å². The molecule has 0 saturated carbocycles. The summed E-state index contributed by atoms with van der Waals surface area (Å²) in [4.78, 5) is 11.7. The molecule has 99 valence electrons. The third-order valence-corrected chi connectivity index (χ3v) is 2.92. The van der Waals surface area contributed by atoms with Gasteiger partial charge in [0.1, 0.15) is 11.5 Å². The largest absolute Gasteiger partial charge is 0.459 e. The minimum atomic E-state index is -0.587. The molecule has 17 heavy (non-hydrogen) atoms. The third kappa shape index (κ3) is 7.52. The molecule has 0 aromatic heterocycles. The summed E-state index contributed by atoms with van der Waals surface area (Å²) >= 11 is 0. The van der Waals surface area contributed by atoms with Crippen molar-refractivity contribution in [3.05, 3.63) is 0 Å². The standard InChI is InChI=1S/C12H23O4Si/c1-4-12(2,3)16-11(14)10(8-13)9-15-6-5-7-17/h10,13H,4-9H2,1-3H3. The maximum atomic E-state index is 11.7. The molecule has 0 saturated heterocycles. The van der Waals surface area contributed by atoms with Crippen LogP contribution in [0.5, 0.6) is 0 Å². The first-order valence-corrected chi connectivity index (χ1v) is 6.73. The van der Waals surface area contributed by atoms with Gasteiger partial charge in [-0.1, -0.05) is 13.0 Å². The lowest BCUT2D eigenvalue weighted by molar-refractivity contribution is -0.165. The Morgan fingerprint density at radius 1 is 1.47 bits per heavy atom. The van der Waals surface area contributed by atoms with Crippen molar-refractivity contribution in [3.8, 4) is 0 Å². The molecule has 0 amide bonds. The van der Waals surface area contributed by atoms with Crippen molar-refractivity contribution in [2.45, 2.75) is 45.3 Å². The predicted molar refractivity (Wildman–Crippen MR) is 67.0 cm³/mol. The molecule has 0 aliphatic carbocycles. The van der Waals surface area contributed by atoms with Crippen molar-refractivity contribution in [1.82, 2.24) is 0 Å². The van der Waals surface area contributed by atoms with E-state index in [9.17, 15) is 4.79 Å². The molecule has 0 aromatic carbocycles. The van der Waals surface area contributed by atoms with Gasteiger partial charge < -0.3 is 14.6 Å². The lowest BCUT2D eigenvalue weighted by atomic mass is 10.1. The maximum Gasteiger partial charge on any atom is 0.314 e. The lowest BCUT2D eigenvalue weighted by Crippen LogP contribution is -2.34. The highest BCUT2D eigenvalue weighted by Crippen LogP contribution is 2.16. The molecule has 3 radical (unpaired) electrons. The molecule has 1 N–H and O–H groups in total. The van der Waals surface area contributed by atoms with Gasteiger partial charge in [-0.25, -0.2) is 0 Å². The second-order valence-electron chi connectivity index (χ2n) is 4.59. The summed E-state index contributed by atoms with van der Waals surface area (Å²) in [5.41, 5.74) is -0.486. The highest BCUT2D eigenvalue weighted by Gasteiger charge is 2.26. The minimum absolute atomic E-state index is 0.210. The monoisotopic (exact) mass is 259 g/mol. The van der Waals surface area contributed by atoms with Crippen LogP contribution >= 0.6 is 0 Å². The van der Waals surface area contributed by atoms with Gasteiger partial charge in [0.2, 0.25) is 0 Å². The molecule has 0 aromatic rings. The van der Waals surface area contributed by atoms with Gasteiger partial charge in [-0.15, -0.1) is 0 Å². The van der Waals surface area contributed by atoms with Gasteiger partial charge in [0, 0.05) is 16.8 Å². The Bertz CT molecular complexity index is 219. The first-order valence-electron chi connectivity index (χ1n) is 6.03. The molecular formula is C12H23O4Si. The van der Waals surface area contributed by atoms with Crippen LogP contribution in [0.15, 0.2) is 0 Å². The van der Waals surface area contributed by atoms with Crippen molar-refractivity contribution >= 4 is 16.2 Å². The molecule has 0 heterocycles. The first-order chi connectivity index (χ1) is 7.96. The Hall–Kier alpha value is -0.393. The zero-order valence-corrected chi connectivity index (χ0v) is 12.0. The number of rotatable bonds is 9. The topological polar surface area (TPSA) is 55.8 Å².